The smallest absolute Gasteiger partial charge is 0.242 e. The molecule has 2 aromatic rings. The van der Waals surface area contributed by atoms with Crippen LogP contribution in [0.5, 0.6) is 0 Å². The molecule has 1 N–H and O–H groups in total. The molecule has 2 aromatic carbocycles. The number of amides is 2. The Morgan fingerprint density at radius 1 is 1.07 bits per heavy atom. The van der Waals surface area contributed by atoms with Gasteiger partial charge in [0, 0.05) is 18.1 Å². The van der Waals surface area contributed by atoms with Crippen molar-refractivity contribution in [3.8, 4) is 0 Å². The van der Waals surface area contributed by atoms with E-state index in [9.17, 15) is 9.59 Å². The highest BCUT2D eigenvalue weighted by Gasteiger charge is 2.29. The van der Waals surface area contributed by atoms with E-state index in [2.05, 4.69) is 12.2 Å². The van der Waals surface area contributed by atoms with Crippen molar-refractivity contribution < 1.29 is 9.59 Å². The highest BCUT2D eigenvalue weighted by molar-refractivity contribution is 6.31. The van der Waals surface area contributed by atoms with Crippen LogP contribution in [0.25, 0.3) is 0 Å². The second kappa shape index (κ2) is 11.2. The molecule has 0 heterocycles. The van der Waals surface area contributed by atoms with Gasteiger partial charge in [-0.25, -0.2) is 0 Å². The highest BCUT2D eigenvalue weighted by Crippen LogP contribution is 2.21. The van der Waals surface area contributed by atoms with E-state index < -0.39 is 6.04 Å². The second-order valence-electron chi connectivity index (χ2n) is 8.27. The van der Waals surface area contributed by atoms with E-state index in [1.807, 2.05) is 70.2 Å². The zero-order valence-electron chi connectivity index (χ0n) is 18.7. The molecule has 0 fully saturated rings. The van der Waals surface area contributed by atoms with Crippen LogP contribution in [0.3, 0.4) is 0 Å². The summed E-state index contributed by atoms with van der Waals surface area (Å²) in [6.45, 7) is 11.0. The SMILES string of the molecule is CC[C@H](C(=O)NCC(C)C)N(Cc1ccccc1Cl)C(=O)Cc1ccc(C)c(C)c1. The van der Waals surface area contributed by atoms with Gasteiger partial charge in [-0.05, 0) is 54.5 Å². The van der Waals surface area contributed by atoms with Gasteiger partial charge in [0.1, 0.15) is 6.04 Å². The van der Waals surface area contributed by atoms with Gasteiger partial charge in [0.25, 0.3) is 0 Å². The molecule has 0 saturated heterocycles. The summed E-state index contributed by atoms with van der Waals surface area (Å²) >= 11 is 6.36. The summed E-state index contributed by atoms with van der Waals surface area (Å²) in [5.74, 6) is 0.145. The monoisotopic (exact) mass is 428 g/mol. The lowest BCUT2D eigenvalue weighted by atomic mass is 10.0. The summed E-state index contributed by atoms with van der Waals surface area (Å²) in [5, 5.41) is 3.58. The van der Waals surface area contributed by atoms with Crippen molar-refractivity contribution in [2.75, 3.05) is 6.54 Å². The standard InChI is InChI=1S/C25H33ClN2O2/c1-6-23(25(30)27-15-17(2)3)28(16-21-9-7-8-10-22(21)26)24(29)14-20-12-11-18(4)19(5)13-20/h7-13,17,23H,6,14-16H2,1-5H3,(H,27,30)/t23-/m1/s1. The van der Waals surface area contributed by atoms with Gasteiger partial charge in [0.05, 0.1) is 6.42 Å². The first-order valence-corrected chi connectivity index (χ1v) is 11.0. The van der Waals surface area contributed by atoms with Crippen molar-refractivity contribution in [1.29, 1.82) is 0 Å². The molecule has 0 aliphatic heterocycles. The normalized spacial score (nSPS) is 12.0. The average Bonchev–Trinajstić information content (AvgIpc) is 2.70. The van der Waals surface area contributed by atoms with Crippen LogP contribution in [0.1, 0.15) is 49.4 Å². The first kappa shape index (κ1) is 23.9. The molecule has 162 valence electrons. The van der Waals surface area contributed by atoms with Crippen molar-refractivity contribution in [2.24, 2.45) is 5.92 Å². The number of rotatable bonds is 9. The number of halogens is 1. The van der Waals surface area contributed by atoms with Crippen LogP contribution in [0.4, 0.5) is 0 Å². The Labute approximate surface area is 185 Å². The van der Waals surface area contributed by atoms with E-state index in [1.165, 1.54) is 5.56 Å². The van der Waals surface area contributed by atoms with Crippen molar-refractivity contribution in [3.05, 3.63) is 69.7 Å². The molecule has 1 atom stereocenters. The van der Waals surface area contributed by atoms with Crippen LogP contribution in [0.15, 0.2) is 42.5 Å². The van der Waals surface area contributed by atoms with Gasteiger partial charge in [-0.3, -0.25) is 9.59 Å². The van der Waals surface area contributed by atoms with E-state index in [0.717, 1.165) is 16.7 Å². The zero-order valence-corrected chi connectivity index (χ0v) is 19.4. The fourth-order valence-corrected chi connectivity index (χ4v) is 3.54. The van der Waals surface area contributed by atoms with Crippen molar-refractivity contribution in [1.82, 2.24) is 10.2 Å². The molecule has 2 rings (SSSR count). The fourth-order valence-electron chi connectivity index (χ4n) is 3.34. The molecule has 0 bridgehead atoms. The van der Waals surface area contributed by atoms with Gasteiger partial charge in [0.15, 0.2) is 0 Å². The van der Waals surface area contributed by atoms with Crippen LogP contribution in [0, 0.1) is 19.8 Å². The summed E-state index contributed by atoms with van der Waals surface area (Å²) in [5.41, 5.74) is 4.13. The van der Waals surface area contributed by atoms with Gasteiger partial charge >= 0.3 is 0 Å². The van der Waals surface area contributed by atoms with E-state index in [-0.39, 0.29) is 18.2 Å². The number of carbonyl (C=O) groups is 2. The van der Waals surface area contributed by atoms with Crippen molar-refractivity contribution >= 4 is 23.4 Å². The van der Waals surface area contributed by atoms with E-state index >= 15 is 0 Å². The maximum absolute atomic E-state index is 13.4. The number of benzene rings is 2. The van der Waals surface area contributed by atoms with E-state index in [4.69, 9.17) is 11.6 Å². The number of nitrogens with one attached hydrogen (secondary N) is 1. The molecule has 5 heteroatoms. The summed E-state index contributed by atoms with van der Waals surface area (Å²) in [7, 11) is 0. The molecule has 0 aliphatic rings. The average molecular weight is 429 g/mol. The highest BCUT2D eigenvalue weighted by atomic mass is 35.5. The Bertz CT molecular complexity index is 879. The summed E-state index contributed by atoms with van der Waals surface area (Å²) in [6, 6.07) is 13.0. The van der Waals surface area contributed by atoms with Crippen molar-refractivity contribution in [2.45, 2.75) is 60.0 Å². The lowest BCUT2D eigenvalue weighted by Crippen LogP contribution is -2.50. The van der Waals surface area contributed by atoms with E-state index in [1.54, 1.807) is 4.90 Å². The molecule has 0 unspecified atom stereocenters. The molecule has 30 heavy (non-hydrogen) atoms. The fraction of sp³-hybridized carbons (Fsp3) is 0.440. The van der Waals surface area contributed by atoms with Gasteiger partial charge in [-0.15, -0.1) is 0 Å². The molecule has 0 aliphatic carbocycles. The Hall–Kier alpha value is -2.33. The van der Waals surface area contributed by atoms with Gasteiger partial charge < -0.3 is 10.2 Å². The minimum Gasteiger partial charge on any atom is -0.354 e. The first-order chi connectivity index (χ1) is 14.2. The molecule has 0 aromatic heterocycles. The van der Waals surface area contributed by atoms with Crippen LogP contribution in [-0.4, -0.2) is 29.3 Å². The molecule has 0 radical (unpaired) electrons. The minimum absolute atomic E-state index is 0.0790. The minimum atomic E-state index is -0.543. The predicted octanol–water partition coefficient (Wildman–Crippen LogP) is 5.08. The summed E-state index contributed by atoms with van der Waals surface area (Å²) in [4.78, 5) is 28.0. The van der Waals surface area contributed by atoms with Crippen LogP contribution in [-0.2, 0) is 22.6 Å². The second-order valence-corrected chi connectivity index (χ2v) is 8.68. The molecule has 4 nitrogen and oxygen atoms in total. The maximum atomic E-state index is 13.4. The third-order valence-electron chi connectivity index (χ3n) is 5.30. The first-order valence-electron chi connectivity index (χ1n) is 10.6. The van der Waals surface area contributed by atoms with Crippen molar-refractivity contribution in [3.63, 3.8) is 0 Å². The summed E-state index contributed by atoms with van der Waals surface area (Å²) < 4.78 is 0. The number of carbonyl (C=O) groups excluding carboxylic acids is 2. The molecule has 2 amide bonds. The number of hydrogen-bond acceptors (Lipinski definition) is 2. The predicted molar refractivity (Wildman–Crippen MR) is 124 cm³/mol. The Morgan fingerprint density at radius 3 is 2.37 bits per heavy atom. The van der Waals surface area contributed by atoms with Gasteiger partial charge in [-0.1, -0.05) is 68.8 Å². The largest absolute Gasteiger partial charge is 0.354 e. The zero-order chi connectivity index (χ0) is 22.3. The van der Waals surface area contributed by atoms with Gasteiger partial charge in [0.2, 0.25) is 11.8 Å². The third kappa shape index (κ3) is 6.60. The van der Waals surface area contributed by atoms with Crippen LogP contribution >= 0.6 is 11.6 Å². The Kier molecular flexibility index (Phi) is 8.91. The number of nitrogens with zero attached hydrogens (tertiary/aromatic N) is 1. The van der Waals surface area contributed by atoms with Crippen LogP contribution < -0.4 is 5.32 Å². The topological polar surface area (TPSA) is 49.4 Å². The Balaban J connectivity index is 2.30. The quantitative estimate of drug-likeness (QED) is 0.605. The van der Waals surface area contributed by atoms with E-state index in [0.29, 0.717) is 30.5 Å². The van der Waals surface area contributed by atoms with Crippen LogP contribution in [0.2, 0.25) is 5.02 Å². The lowest BCUT2D eigenvalue weighted by molar-refractivity contribution is -0.141. The molecule has 0 spiro atoms. The number of aryl methyl sites for hydroxylation is 2. The third-order valence-corrected chi connectivity index (χ3v) is 5.66. The Morgan fingerprint density at radius 2 is 1.77 bits per heavy atom. The molecular weight excluding hydrogens is 396 g/mol. The lowest BCUT2D eigenvalue weighted by Gasteiger charge is -2.31. The molecular formula is C25H33ClN2O2. The maximum Gasteiger partial charge on any atom is 0.242 e. The van der Waals surface area contributed by atoms with Gasteiger partial charge in [-0.2, -0.15) is 0 Å². The number of hydrogen-bond donors (Lipinski definition) is 1. The summed E-state index contributed by atoms with van der Waals surface area (Å²) in [6.07, 6.45) is 0.784. The molecule has 0 saturated carbocycles.